The van der Waals surface area contributed by atoms with E-state index in [1.165, 1.54) is 48.5 Å². The van der Waals surface area contributed by atoms with Gasteiger partial charge in [-0.2, -0.15) is 0 Å². The average Bonchev–Trinajstić information content (AvgIpc) is 2.82. The largest absolute Gasteiger partial charge is 0.465 e. The first-order chi connectivity index (χ1) is 16.3. The van der Waals surface area contributed by atoms with Gasteiger partial charge in [-0.1, -0.05) is 24.3 Å². The zero-order valence-corrected chi connectivity index (χ0v) is 18.1. The number of carbonyl (C=O) groups is 4. The lowest BCUT2D eigenvalue weighted by Gasteiger charge is -2.25. The van der Waals surface area contributed by atoms with Crippen LogP contribution in [-0.2, 0) is 23.9 Å². The third kappa shape index (κ3) is 6.21. The molecule has 3 rings (SSSR count). The van der Waals surface area contributed by atoms with E-state index in [9.17, 15) is 28.0 Å². The molecule has 3 amide bonds. The molecule has 0 aliphatic carbocycles. The third-order valence-electron chi connectivity index (χ3n) is 4.91. The van der Waals surface area contributed by atoms with E-state index >= 15 is 0 Å². The van der Waals surface area contributed by atoms with Gasteiger partial charge in [0.25, 0.3) is 5.91 Å². The van der Waals surface area contributed by atoms with Crippen molar-refractivity contribution < 1.29 is 32.7 Å². The number of rotatable bonds is 8. The zero-order valence-electron chi connectivity index (χ0n) is 18.1. The van der Waals surface area contributed by atoms with Gasteiger partial charge in [0.05, 0.1) is 19.2 Å². The molecule has 0 radical (unpaired) electrons. The first-order valence-corrected chi connectivity index (χ1v) is 10.4. The SMILES string of the molecule is CCOC(=O)CNC(=O)C1=NCC(C(=O)NC(c2ccc(F)cc2)c2ccc(F)cc2)C(=O)N1. The Morgan fingerprint density at radius 3 is 2.12 bits per heavy atom. The van der Waals surface area contributed by atoms with Crippen LogP contribution in [0.2, 0.25) is 0 Å². The first kappa shape index (κ1) is 24.5. The van der Waals surface area contributed by atoms with Gasteiger partial charge in [-0.05, 0) is 42.3 Å². The van der Waals surface area contributed by atoms with Gasteiger partial charge in [-0.15, -0.1) is 0 Å². The number of nitrogens with zero attached hydrogens (tertiary/aromatic N) is 1. The Kier molecular flexibility index (Phi) is 8.01. The number of aliphatic imine (C=N–C) groups is 1. The molecule has 1 aliphatic heterocycles. The molecule has 1 atom stereocenters. The maximum absolute atomic E-state index is 13.4. The minimum atomic E-state index is -1.25. The fourth-order valence-electron chi connectivity index (χ4n) is 3.20. The molecule has 0 saturated carbocycles. The number of ether oxygens (including phenoxy) is 1. The van der Waals surface area contributed by atoms with Gasteiger partial charge in [-0.3, -0.25) is 24.2 Å². The van der Waals surface area contributed by atoms with E-state index in [4.69, 9.17) is 4.74 Å². The molecule has 1 aliphatic rings. The smallest absolute Gasteiger partial charge is 0.325 e. The first-order valence-electron chi connectivity index (χ1n) is 10.4. The Balaban J connectivity index is 1.71. The van der Waals surface area contributed by atoms with Crippen molar-refractivity contribution in [1.29, 1.82) is 0 Å². The van der Waals surface area contributed by atoms with E-state index in [-0.39, 0.29) is 19.0 Å². The maximum atomic E-state index is 13.4. The highest BCUT2D eigenvalue weighted by atomic mass is 19.1. The summed E-state index contributed by atoms with van der Waals surface area (Å²) in [5, 5.41) is 7.23. The summed E-state index contributed by atoms with van der Waals surface area (Å²) in [7, 11) is 0. The van der Waals surface area contributed by atoms with Gasteiger partial charge in [0.15, 0.2) is 5.84 Å². The van der Waals surface area contributed by atoms with Crippen LogP contribution in [0.25, 0.3) is 0 Å². The van der Waals surface area contributed by atoms with Gasteiger partial charge in [0, 0.05) is 0 Å². The summed E-state index contributed by atoms with van der Waals surface area (Å²) in [5.41, 5.74) is 1.03. The highest BCUT2D eigenvalue weighted by Crippen LogP contribution is 2.23. The monoisotopic (exact) mass is 472 g/mol. The van der Waals surface area contributed by atoms with Crippen LogP contribution in [0.15, 0.2) is 53.5 Å². The standard InChI is InChI=1S/C23H22F2N4O5/c1-2-34-18(30)12-27-23(33)20-26-11-17(22(32)29-20)21(31)28-19(13-3-7-15(24)8-4-13)14-5-9-16(25)10-6-14/h3-10,17,19H,2,11-12H2,1H3,(H,27,33)(H,28,31)(H,26,29,32). The molecular weight excluding hydrogens is 450 g/mol. The Hall–Kier alpha value is -4.15. The van der Waals surface area contributed by atoms with E-state index in [1.54, 1.807) is 6.92 Å². The summed E-state index contributed by atoms with van der Waals surface area (Å²) in [6.45, 7) is 1.06. The van der Waals surface area contributed by atoms with E-state index in [2.05, 4.69) is 20.9 Å². The van der Waals surface area contributed by atoms with Crippen molar-refractivity contribution in [1.82, 2.24) is 16.0 Å². The minimum absolute atomic E-state index is 0.153. The van der Waals surface area contributed by atoms with Crippen molar-refractivity contribution in [3.63, 3.8) is 0 Å². The molecule has 0 fully saturated rings. The fraction of sp³-hybridized carbons (Fsp3) is 0.261. The summed E-state index contributed by atoms with van der Waals surface area (Å²) in [4.78, 5) is 52.8. The van der Waals surface area contributed by atoms with Crippen molar-refractivity contribution in [2.75, 3.05) is 19.7 Å². The van der Waals surface area contributed by atoms with Crippen LogP contribution in [0.4, 0.5) is 8.78 Å². The van der Waals surface area contributed by atoms with Gasteiger partial charge >= 0.3 is 5.97 Å². The van der Waals surface area contributed by atoms with Crippen molar-refractivity contribution in [3.05, 3.63) is 71.3 Å². The molecule has 0 saturated heterocycles. The van der Waals surface area contributed by atoms with Crippen LogP contribution < -0.4 is 16.0 Å². The molecule has 178 valence electrons. The van der Waals surface area contributed by atoms with Crippen molar-refractivity contribution in [3.8, 4) is 0 Å². The lowest BCUT2D eigenvalue weighted by Crippen LogP contribution is -2.53. The molecule has 9 nitrogen and oxygen atoms in total. The second-order valence-electron chi connectivity index (χ2n) is 7.26. The zero-order chi connectivity index (χ0) is 24.7. The summed E-state index contributed by atoms with van der Waals surface area (Å²) >= 11 is 0. The van der Waals surface area contributed by atoms with Crippen molar-refractivity contribution >= 4 is 29.5 Å². The summed E-state index contributed by atoms with van der Waals surface area (Å²) in [6, 6.07) is 9.95. The van der Waals surface area contributed by atoms with Crippen LogP contribution >= 0.6 is 0 Å². The number of esters is 1. The molecular formula is C23H22F2N4O5. The number of hydrogen-bond acceptors (Lipinski definition) is 6. The Bertz CT molecular complexity index is 1060. The lowest BCUT2D eigenvalue weighted by atomic mass is 9.97. The maximum Gasteiger partial charge on any atom is 0.325 e. The van der Waals surface area contributed by atoms with E-state index < -0.39 is 53.8 Å². The fourth-order valence-corrected chi connectivity index (χ4v) is 3.20. The second-order valence-corrected chi connectivity index (χ2v) is 7.26. The molecule has 1 heterocycles. The molecule has 2 aromatic rings. The highest BCUT2D eigenvalue weighted by Gasteiger charge is 2.34. The number of amidine groups is 1. The molecule has 34 heavy (non-hydrogen) atoms. The van der Waals surface area contributed by atoms with Gasteiger partial charge in [-0.25, -0.2) is 8.78 Å². The van der Waals surface area contributed by atoms with Crippen LogP contribution in [0.5, 0.6) is 0 Å². The molecule has 0 spiro atoms. The van der Waals surface area contributed by atoms with Gasteiger partial charge in [0.1, 0.15) is 24.1 Å². The molecule has 2 aromatic carbocycles. The van der Waals surface area contributed by atoms with Crippen LogP contribution in [-0.4, -0.2) is 49.2 Å². The quantitative estimate of drug-likeness (QED) is 0.390. The van der Waals surface area contributed by atoms with Crippen molar-refractivity contribution in [2.24, 2.45) is 10.9 Å². The Morgan fingerprint density at radius 2 is 1.62 bits per heavy atom. The van der Waals surface area contributed by atoms with Crippen LogP contribution in [0.1, 0.15) is 24.1 Å². The summed E-state index contributed by atoms with van der Waals surface area (Å²) < 4.78 is 31.5. The minimum Gasteiger partial charge on any atom is -0.465 e. The topological polar surface area (TPSA) is 126 Å². The molecule has 11 heteroatoms. The average molecular weight is 472 g/mol. The molecule has 0 aromatic heterocycles. The van der Waals surface area contributed by atoms with E-state index in [0.29, 0.717) is 11.1 Å². The van der Waals surface area contributed by atoms with Gasteiger partial charge < -0.3 is 20.7 Å². The highest BCUT2D eigenvalue weighted by molar-refractivity contribution is 6.41. The Labute approximate surface area is 193 Å². The van der Waals surface area contributed by atoms with Gasteiger partial charge in [0.2, 0.25) is 11.8 Å². The predicted octanol–water partition coefficient (Wildman–Crippen LogP) is 0.994. The Morgan fingerprint density at radius 1 is 1.06 bits per heavy atom. The third-order valence-corrected chi connectivity index (χ3v) is 4.91. The summed E-state index contributed by atoms with van der Waals surface area (Å²) in [5.74, 6) is -5.40. The van der Waals surface area contributed by atoms with Crippen LogP contribution in [0.3, 0.4) is 0 Å². The molecule has 0 bridgehead atoms. The van der Waals surface area contributed by atoms with E-state index in [0.717, 1.165) is 0 Å². The summed E-state index contributed by atoms with van der Waals surface area (Å²) in [6.07, 6.45) is 0. The van der Waals surface area contributed by atoms with Crippen molar-refractivity contribution in [2.45, 2.75) is 13.0 Å². The lowest BCUT2D eigenvalue weighted by molar-refractivity contribution is -0.143. The van der Waals surface area contributed by atoms with Crippen LogP contribution in [0, 0.1) is 17.6 Å². The number of halogens is 2. The number of nitrogens with one attached hydrogen (secondary N) is 3. The normalized spacial score (nSPS) is 15.2. The number of benzene rings is 2. The van der Waals surface area contributed by atoms with E-state index in [1.807, 2.05) is 0 Å². The number of amides is 3. The second kappa shape index (κ2) is 11.1. The molecule has 1 unspecified atom stereocenters. The predicted molar refractivity (Wildman–Crippen MR) is 116 cm³/mol. The number of hydrogen-bond donors (Lipinski definition) is 3. The number of carbonyl (C=O) groups excluding carboxylic acids is 4. The molecule has 3 N–H and O–H groups in total.